The van der Waals surface area contributed by atoms with Crippen molar-refractivity contribution in [3.05, 3.63) is 194 Å². The first-order chi connectivity index (χ1) is 26.3. The van der Waals surface area contributed by atoms with Gasteiger partial charge in [0.05, 0.1) is 16.7 Å². The van der Waals surface area contributed by atoms with Crippen LogP contribution in [0.15, 0.2) is 194 Å². The first kappa shape index (κ1) is 30.0. The topological polar surface area (TPSA) is 8.17 Å². The number of rotatable bonds is 5. The van der Waals surface area contributed by atoms with E-state index < -0.39 is 0 Å². The number of hydrogen-bond acceptors (Lipinski definition) is 2. The maximum atomic E-state index is 2.47. The van der Waals surface area contributed by atoms with Crippen LogP contribution in [0.1, 0.15) is 0 Å². The van der Waals surface area contributed by atoms with E-state index in [9.17, 15) is 0 Å². The van der Waals surface area contributed by atoms with E-state index in [1.807, 2.05) is 11.3 Å². The molecule has 0 unspecified atom stereocenters. The van der Waals surface area contributed by atoms with Gasteiger partial charge in [0.25, 0.3) is 0 Å². The van der Waals surface area contributed by atoms with E-state index in [0.29, 0.717) is 0 Å². The van der Waals surface area contributed by atoms with Crippen molar-refractivity contribution in [2.45, 2.75) is 0 Å². The van der Waals surface area contributed by atoms with Gasteiger partial charge in [-0.2, -0.15) is 0 Å². The van der Waals surface area contributed by atoms with Gasteiger partial charge in [0, 0.05) is 48.0 Å². The van der Waals surface area contributed by atoms with Crippen LogP contribution in [0.3, 0.4) is 0 Å². The molecular formula is C50H32N2S. The standard InChI is InChI=1S/C50H32N2S/c1-3-12-33(13-4-1)35-22-23-37-31-39(26-24-36(37)30-35)51(40-27-29-47-43(32-40)49-41-17-8-7-14-34(41)25-28-48(49)53-47)45-20-11-21-46-50(45)42-18-9-10-19-44(42)52(46)38-15-5-2-6-16-38/h1-32H. The van der Waals surface area contributed by atoms with Crippen molar-refractivity contribution in [3.63, 3.8) is 0 Å². The molecule has 2 aromatic heterocycles. The Labute approximate surface area is 311 Å². The highest BCUT2D eigenvalue weighted by Gasteiger charge is 2.22. The lowest BCUT2D eigenvalue weighted by atomic mass is 10.00. The fourth-order valence-corrected chi connectivity index (χ4v) is 9.43. The van der Waals surface area contributed by atoms with Gasteiger partial charge in [-0.1, -0.05) is 121 Å². The van der Waals surface area contributed by atoms with E-state index >= 15 is 0 Å². The molecule has 0 aliphatic heterocycles. The minimum absolute atomic E-state index is 1.12. The van der Waals surface area contributed by atoms with Crippen molar-refractivity contribution < 1.29 is 0 Å². The van der Waals surface area contributed by atoms with Crippen molar-refractivity contribution in [1.82, 2.24) is 4.57 Å². The smallest absolute Gasteiger partial charge is 0.0562 e. The summed E-state index contributed by atoms with van der Waals surface area (Å²) in [6.07, 6.45) is 0. The third-order valence-electron chi connectivity index (χ3n) is 10.7. The molecule has 11 aromatic rings. The van der Waals surface area contributed by atoms with Gasteiger partial charge in [0.15, 0.2) is 0 Å². The molecule has 248 valence electrons. The number of hydrogen-bond donors (Lipinski definition) is 0. The number of aromatic nitrogens is 1. The van der Waals surface area contributed by atoms with Crippen LogP contribution in [-0.4, -0.2) is 4.57 Å². The van der Waals surface area contributed by atoms with Crippen molar-refractivity contribution in [3.8, 4) is 16.8 Å². The number of fused-ring (bicyclic) bond motifs is 9. The summed E-state index contributed by atoms with van der Waals surface area (Å²) in [6, 6.07) is 71.0. The molecular weight excluding hydrogens is 661 g/mol. The minimum atomic E-state index is 1.12. The normalized spacial score (nSPS) is 11.8. The Bertz CT molecular complexity index is 3170. The third kappa shape index (κ3) is 4.78. The highest BCUT2D eigenvalue weighted by molar-refractivity contribution is 7.26. The van der Waals surface area contributed by atoms with Crippen LogP contribution in [-0.2, 0) is 0 Å². The molecule has 0 saturated heterocycles. The summed E-state index contributed by atoms with van der Waals surface area (Å²) in [6.45, 7) is 0. The molecule has 0 atom stereocenters. The van der Waals surface area contributed by atoms with Crippen LogP contribution >= 0.6 is 11.3 Å². The van der Waals surface area contributed by atoms with E-state index in [0.717, 1.165) is 22.7 Å². The quantitative estimate of drug-likeness (QED) is 0.174. The van der Waals surface area contributed by atoms with Gasteiger partial charge in [-0.15, -0.1) is 11.3 Å². The second-order valence-electron chi connectivity index (χ2n) is 13.7. The lowest BCUT2D eigenvalue weighted by Crippen LogP contribution is -2.10. The molecule has 11 rings (SSSR count). The summed E-state index contributed by atoms with van der Waals surface area (Å²) in [7, 11) is 0. The molecule has 0 spiro atoms. The average molecular weight is 693 g/mol. The zero-order chi connectivity index (χ0) is 34.9. The van der Waals surface area contributed by atoms with Gasteiger partial charge in [-0.25, -0.2) is 0 Å². The zero-order valence-corrected chi connectivity index (χ0v) is 29.6. The molecule has 0 N–H and O–H groups in total. The summed E-state index contributed by atoms with van der Waals surface area (Å²) >= 11 is 1.87. The van der Waals surface area contributed by atoms with Crippen molar-refractivity contribution in [2.24, 2.45) is 0 Å². The van der Waals surface area contributed by atoms with Crippen molar-refractivity contribution in [2.75, 3.05) is 4.90 Å². The number of anilines is 3. The van der Waals surface area contributed by atoms with Gasteiger partial charge >= 0.3 is 0 Å². The Balaban J connectivity index is 1.19. The molecule has 2 heterocycles. The number of para-hydroxylation sites is 2. The van der Waals surface area contributed by atoms with Crippen LogP contribution in [0.25, 0.3) is 80.3 Å². The van der Waals surface area contributed by atoms with Gasteiger partial charge in [0.1, 0.15) is 0 Å². The molecule has 0 radical (unpaired) electrons. The Kier molecular flexibility index (Phi) is 6.76. The molecule has 0 aliphatic rings. The van der Waals surface area contributed by atoms with Crippen molar-refractivity contribution in [1.29, 1.82) is 0 Å². The first-order valence-corrected chi connectivity index (χ1v) is 18.9. The second kappa shape index (κ2) is 11.9. The fraction of sp³-hybridized carbons (Fsp3) is 0. The SMILES string of the molecule is c1ccc(-c2ccc3cc(N(c4ccc5sc6ccc7ccccc7c6c5c4)c4cccc5c4c4ccccc4n5-c4ccccc4)ccc3c2)cc1. The van der Waals surface area contributed by atoms with Crippen LogP contribution in [0.2, 0.25) is 0 Å². The van der Waals surface area contributed by atoms with E-state index in [2.05, 4.69) is 204 Å². The molecule has 9 aromatic carbocycles. The fourth-order valence-electron chi connectivity index (χ4n) is 8.33. The largest absolute Gasteiger partial charge is 0.310 e. The Morgan fingerprint density at radius 1 is 0.377 bits per heavy atom. The zero-order valence-electron chi connectivity index (χ0n) is 28.8. The monoisotopic (exact) mass is 692 g/mol. The Morgan fingerprint density at radius 3 is 1.92 bits per heavy atom. The molecule has 0 saturated carbocycles. The minimum Gasteiger partial charge on any atom is -0.310 e. The van der Waals surface area contributed by atoms with Crippen LogP contribution < -0.4 is 4.90 Å². The van der Waals surface area contributed by atoms with E-state index in [-0.39, 0.29) is 0 Å². The van der Waals surface area contributed by atoms with Gasteiger partial charge < -0.3 is 9.47 Å². The highest BCUT2D eigenvalue weighted by Crippen LogP contribution is 2.47. The lowest BCUT2D eigenvalue weighted by molar-refractivity contribution is 1.18. The van der Waals surface area contributed by atoms with E-state index in [4.69, 9.17) is 0 Å². The van der Waals surface area contributed by atoms with E-state index in [1.54, 1.807) is 0 Å². The summed E-state index contributed by atoms with van der Waals surface area (Å²) in [5.74, 6) is 0. The number of thiophene rings is 1. The summed E-state index contributed by atoms with van der Waals surface area (Å²) in [4.78, 5) is 2.47. The molecule has 3 heteroatoms. The molecule has 2 nitrogen and oxygen atoms in total. The van der Waals surface area contributed by atoms with Gasteiger partial charge in [-0.05, 0) is 105 Å². The predicted octanol–water partition coefficient (Wildman–Crippen LogP) is 14.6. The highest BCUT2D eigenvalue weighted by atomic mass is 32.1. The molecule has 0 aliphatic carbocycles. The average Bonchev–Trinajstić information content (AvgIpc) is 3.78. The number of nitrogens with zero attached hydrogens (tertiary/aromatic N) is 2. The Morgan fingerprint density at radius 2 is 1.04 bits per heavy atom. The predicted molar refractivity (Wildman–Crippen MR) is 229 cm³/mol. The third-order valence-corrected chi connectivity index (χ3v) is 11.9. The molecule has 0 fully saturated rings. The summed E-state index contributed by atoms with van der Waals surface area (Å²) in [5, 5.41) is 10.1. The van der Waals surface area contributed by atoms with Crippen LogP contribution in [0.5, 0.6) is 0 Å². The van der Waals surface area contributed by atoms with Crippen molar-refractivity contribution >= 4 is 91.9 Å². The maximum absolute atomic E-state index is 2.47. The molecule has 0 bridgehead atoms. The lowest BCUT2D eigenvalue weighted by Gasteiger charge is -2.27. The van der Waals surface area contributed by atoms with Crippen LogP contribution in [0.4, 0.5) is 17.1 Å². The molecule has 0 amide bonds. The van der Waals surface area contributed by atoms with Gasteiger partial charge in [-0.3, -0.25) is 0 Å². The summed E-state index contributed by atoms with van der Waals surface area (Å²) < 4.78 is 5.01. The summed E-state index contributed by atoms with van der Waals surface area (Å²) in [5.41, 5.74) is 9.39. The van der Waals surface area contributed by atoms with Gasteiger partial charge in [0.2, 0.25) is 0 Å². The second-order valence-corrected chi connectivity index (χ2v) is 14.8. The maximum Gasteiger partial charge on any atom is 0.0562 e. The molecule has 53 heavy (non-hydrogen) atoms. The van der Waals surface area contributed by atoms with Crippen LogP contribution in [0, 0.1) is 0 Å². The van der Waals surface area contributed by atoms with E-state index in [1.165, 1.54) is 74.6 Å². The Hall–Kier alpha value is -6.68. The first-order valence-electron chi connectivity index (χ1n) is 18.1. The number of benzene rings is 9.